The molecule has 1 atom stereocenters. The third kappa shape index (κ3) is 2.13. The van der Waals surface area contributed by atoms with Crippen molar-refractivity contribution >= 4 is 0 Å². The molecule has 1 N–H and O–H groups in total. The van der Waals surface area contributed by atoms with Crippen molar-refractivity contribution in [1.82, 2.24) is 5.32 Å². The molecule has 17 heavy (non-hydrogen) atoms. The van der Waals surface area contributed by atoms with Crippen molar-refractivity contribution in [2.45, 2.75) is 12.7 Å². The SMILES string of the molecule is Fc1cc2c(cc1C1CNCCO1)OCOC2. The fraction of sp³-hybridized carbons (Fsp3) is 0.500. The van der Waals surface area contributed by atoms with Crippen molar-refractivity contribution in [2.24, 2.45) is 0 Å². The topological polar surface area (TPSA) is 39.7 Å². The second-order valence-corrected chi connectivity index (χ2v) is 4.16. The van der Waals surface area contributed by atoms with Gasteiger partial charge in [-0.1, -0.05) is 0 Å². The average molecular weight is 239 g/mol. The summed E-state index contributed by atoms with van der Waals surface area (Å²) in [7, 11) is 0. The lowest BCUT2D eigenvalue weighted by atomic mass is 10.0. The molecule has 1 fully saturated rings. The van der Waals surface area contributed by atoms with E-state index in [9.17, 15) is 4.39 Å². The maximum Gasteiger partial charge on any atom is 0.189 e. The van der Waals surface area contributed by atoms with Gasteiger partial charge in [0.2, 0.25) is 0 Å². The molecule has 4 nitrogen and oxygen atoms in total. The number of morpholine rings is 1. The minimum atomic E-state index is -0.258. The van der Waals surface area contributed by atoms with Crippen LogP contribution in [0.3, 0.4) is 0 Å². The lowest BCUT2D eigenvalue weighted by Crippen LogP contribution is -2.33. The van der Waals surface area contributed by atoms with Gasteiger partial charge in [0.05, 0.1) is 19.3 Å². The molecular formula is C12H14FNO3. The van der Waals surface area contributed by atoms with Gasteiger partial charge in [0.1, 0.15) is 11.6 Å². The van der Waals surface area contributed by atoms with E-state index in [-0.39, 0.29) is 18.7 Å². The summed E-state index contributed by atoms with van der Waals surface area (Å²) in [6, 6.07) is 3.20. The van der Waals surface area contributed by atoms with Crippen molar-refractivity contribution in [3.05, 3.63) is 29.1 Å². The minimum absolute atomic E-state index is 0.224. The summed E-state index contributed by atoms with van der Waals surface area (Å²) in [5, 5.41) is 3.18. The van der Waals surface area contributed by atoms with Crippen LogP contribution >= 0.6 is 0 Å². The summed E-state index contributed by atoms with van der Waals surface area (Å²) in [6.45, 7) is 2.67. The van der Waals surface area contributed by atoms with Crippen LogP contribution in [0.4, 0.5) is 4.39 Å². The van der Waals surface area contributed by atoms with Crippen LogP contribution in [-0.4, -0.2) is 26.5 Å². The Morgan fingerprint density at radius 1 is 1.35 bits per heavy atom. The van der Waals surface area contributed by atoms with Crippen molar-refractivity contribution in [2.75, 3.05) is 26.5 Å². The number of rotatable bonds is 1. The Bertz CT molecular complexity index is 418. The molecule has 0 aliphatic carbocycles. The molecule has 92 valence electrons. The van der Waals surface area contributed by atoms with E-state index in [1.165, 1.54) is 6.07 Å². The molecule has 0 saturated carbocycles. The second kappa shape index (κ2) is 4.60. The Morgan fingerprint density at radius 3 is 3.12 bits per heavy atom. The molecule has 0 bridgehead atoms. The van der Waals surface area contributed by atoms with Crippen LogP contribution in [0.2, 0.25) is 0 Å². The van der Waals surface area contributed by atoms with Crippen LogP contribution in [0.5, 0.6) is 5.75 Å². The van der Waals surface area contributed by atoms with Crippen LogP contribution in [-0.2, 0) is 16.1 Å². The normalized spacial score (nSPS) is 23.9. The average Bonchev–Trinajstić information content (AvgIpc) is 2.39. The first-order valence-corrected chi connectivity index (χ1v) is 5.70. The third-order valence-corrected chi connectivity index (χ3v) is 3.01. The highest BCUT2D eigenvalue weighted by molar-refractivity contribution is 5.40. The predicted molar refractivity (Wildman–Crippen MR) is 58.2 cm³/mol. The van der Waals surface area contributed by atoms with Gasteiger partial charge < -0.3 is 19.5 Å². The smallest absolute Gasteiger partial charge is 0.189 e. The summed E-state index contributed by atoms with van der Waals surface area (Å²) in [4.78, 5) is 0. The van der Waals surface area contributed by atoms with Crippen LogP contribution in [0.15, 0.2) is 12.1 Å². The quantitative estimate of drug-likeness (QED) is 0.803. The predicted octanol–water partition coefficient (Wildman–Crippen LogP) is 1.35. The van der Waals surface area contributed by atoms with Gasteiger partial charge in [0, 0.05) is 24.2 Å². The van der Waals surface area contributed by atoms with Crippen molar-refractivity contribution in [3.63, 3.8) is 0 Å². The van der Waals surface area contributed by atoms with E-state index in [1.54, 1.807) is 6.07 Å². The highest BCUT2D eigenvalue weighted by atomic mass is 19.1. The molecule has 5 heteroatoms. The van der Waals surface area contributed by atoms with E-state index in [1.807, 2.05) is 0 Å². The molecule has 1 saturated heterocycles. The molecule has 2 aliphatic heterocycles. The lowest BCUT2D eigenvalue weighted by Gasteiger charge is -2.26. The number of ether oxygens (including phenoxy) is 3. The van der Waals surface area contributed by atoms with Crippen LogP contribution in [0, 0.1) is 5.82 Å². The minimum Gasteiger partial charge on any atom is -0.467 e. The Balaban J connectivity index is 1.93. The van der Waals surface area contributed by atoms with Crippen LogP contribution in [0.1, 0.15) is 17.2 Å². The zero-order chi connectivity index (χ0) is 11.7. The summed E-state index contributed by atoms with van der Waals surface area (Å²) in [5.41, 5.74) is 1.30. The summed E-state index contributed by atoms with van der Waals surface area (Å²) in [5.74, 6) is 0.438. The molecule has 0 spiro atoms. The molecule has 1 aromatic carbocycles. The van der Waals surface area contributed by atoms with Gasteiger partial charge in [0.15, 0.2) is 6.79 Å². The standard InChI is InChI=1S/C12H14FNO3/c13-10-3-8-6-15-7-17-11(8)4-9(10)12-5-14-1-2-16-12/h3-4,12,14H,1-2,5-7H2. The van der Waals surface area contributed by atoms with E-state index in [4.69, 9.17) is 14.2 Å². The number of hydrogen-bond donors (Lipinski definition) is 1. The first-order chi connectivity index (χ1) is 8.34. The Morgan fingerprint density at radius 2 is 2.29 bits per heavy atom. The molecule has 2 aliphatic rings. The van der Waals surface area contributed by atoms with Gasteiger partial charge in [-0.05, 0) is 12.1 Å². The monoisotopic (exact) mass is 239 g/mol. The highest BCUT2D eigenvalue weighted by Crippen LogP contribution is 2.31. The molecule has 0 aromatic heterocycles. The maximum atomic E-state index is 13.9. The van der Waals surface area contributed by atoms with E-state index in [0.29, 0.717) is 31.1 Å². The van der Waals surface area contributed by atoms with E-state index in [0.717, 1.165) is 12.1 Å². The Hall–Kier alpha value is -1.17. The first-order valence-electron chi connectivity index (χ1n) is 5.70. The molecule has 0 amide bonds. The molecule has 3 rings (SSSR count). The molecule has 0 radical (unpaired) electrons. The number of hydrogen-bond acceptors (Lipinski definition) is 4. The van der Waals surface area contributed by atoms with Gasteiger partial charge in [0.25, 0.3) is 0 Å². The van der Waals surface area contributed by atoms with Crippen molar-refractivity contribution in [3.8, 4) is 5.75 Å². The Labute approximate surface area is 98.7 Å². The van der Waals surface area contributed by atoms with E-state index < -0.39 is 0 Å². The molecule has 2 heterocycles. The van der Waals surface area contributed by atoms with Gasteiger partial charge in [-0.15, -0.1) is 0 Å². The van der Waals surface area contributed by atoms with Gasteiger partial charge in [-0.25, -0.2) is 4.39 Å². The summed E-state index contributed by atoms with van der Waals surface area (Å²) in [6.07, 6.45) is -0.236. The molecule has 1 aromatic rings. The van der Waals surface area contributed by atoms with Gasteiger partial charge in [-0.2, -0.15) is 0 Å². The summed E-state index contributed by atoms with van der Waals surface area (Å²) < 4.78 is 29.9. The van der Waals surface area contributed by atoms with Gasteiger partial charge in [-0.3, -0.25) is 0 Å². The zero-order valence-electron chi connectivity index (χ0n) is 9.37. The van der Waals surface area contributed by atoms with Crippen molar-refractivity contribution in [1.29, 1.82) is 0 Å². The third-order valence-electron chi connectivity index (χ3n) is 3.01. The number of benzene rings is 1. The van der Waals surface area contributed by atoms with Gasteiger partial charge >= 0.3 is 0 Å². The zero-order valence-corrected chi connectivity index (χ0v) is 9.37. The molecular weight excluding hydrogens is 225 g/mol. The van der Waals surface area contributed by atoms with Crippen LogP contribution in [0.25, 0.3) is 0 Å². The fourth-order valence-electron chi connectivity index (χ4n) is 2.13. The number of nitrogens with one attached hydrogen (secondary N) is 1. The second-order valence-electron chi connectivity index (χ2n) is 4.16. The molecule has 1 unspecified atom stereocenters. The van der Waals surface area contributed by atoms with E-state index >= 15 is 0 Å². The summed E-state index contributed by atoms with van der Waals surface area (Å²) >= 11 is 0. The largest absolute Gasteiger partial charge is 0.467 e. The maximum absolute atomic E-state index is 13.9. The van der Waals surface area contributed by atoms with Crippen molar-refractivity contribution < 1.29 is 18.6 Å². The highest BCUT2D eigenvalue weighted by Gasteiger charge is 2.22. The number of halogens is 1. The van der Waals surface area contributed by atoms with E-state index in [2.05, 4.69) is 5.32 Å². The lowest BCUT2D eigenvalue weighted by molar-refractivity contribution is -0.0174. The van der Waals surface area contributed by atoms with Crippen LogP contribution < -0.4 is 10.1 Å². The first kappa shape index (κ1) is 11.0. The fourth-order valence-corrected chi connectivity index (χ4v) is 2.13. The number of fused-ring (bicyclic) bond motifs is 1. The Kier molecular flexibility index (Phi) is 2.96.